The van der Waals surface area contributed by atoms with Crippen LogP contribution in [0.15, 0.2) is 0 Å². The molecule has 0 saturated carbocycles. The summed E-state index contributed by atoms with van der Waals surface area (Å²) >= 11 is 0. The predicted molar refractivity (Wildman–Crippen MR) is 63.9 cm³/mol. The molecule has 1 heterocycles. The Kier molecular flexibility index (Phi) is 3.22. The second-order valence-electron chi connectivity index (χ2n) is 6.91. The molecule has 1 aliphatic heterocycles. The Morgan fingerprint density at radius 1 is 1.07 bits per heavy atom. The van der Waals surface area contributed by atoms with Gasteiger partial charge in [0, 0.05) is 12.1 Å². The normalized spacial score (nSPS) is 30.6. The first-order valence-electron chi connectivity index (χ1n) is 6.00. The van der Waals surface area contributed by atoms with Crippen molar-refractivity contribution in [3.63, 3.8) is 0 Å². The van der Waals surface area contributed by atoms with E-state index >= 15 is 0 Å². The van der Waals surface area contributed by atoms with E-state index in [2.05, 4.69) is 25.7 Å². The van der Waals surface area contributed by atoms with Gasteiger partial charge in [0.1, 0.15) is 5.67 Å². The molecule has 1 saturated heterocycles. The molecule has 1 fully saturated rings. The van der Waals surface area contributed by atoms with Crippen molar-refractivity contribution in [2.75, 3.05) is 13.1 Å². The highest BCUT2D eigenvalue weighted by Crippen LogP contribution is 2.42. The molecule has 15 heavy (non-hydrogen) atoms. The molecular weight excluding hydrogens is 189 g/mol. The van der Waals surface area contributed by atoms with Crippen LogP contribution in [0.25, 0.3) is 0 Å². The zero-order chi connectivity index (χ0) is 11.9. The summed E-state index contributed by atoms with van der Waals surface area (Å²) in [6.07, 6.45) is 1.69. The van der Waals surface area contributed by atoms with Gasteiger partial charge >= 0.3 is 0 Å². The first-order valence-corrected chi connectivity index (χ1v) is 6.00. The number of likely N-dealkylation sites (tertiary alicyclic amines) is 1. The molecule has 0 aliphatic carbocycles. The molecule has 0 aromatic carbocycles. The van der Waals surface area contributed by atoms with E-state index in [-0.39, 0.29) is 11.0 Å². The molecule has 90 valence electrons. The van der Waals surface area contributed by atoms with Crippen LogP contribution in [0, 0.1) is 5.41 Å². The minimum absolute atomic E-state index is 0.0863. The first-order chi connectivity index (χ1) is 6.56. The maximum atomic E-state index is 14.8. The van der Waals surface area contributed by atoms with Crippen molar-refractivity contribution < 1.29 is 4.39 Å². The zero-order valence-corrected chi connectivity index (χ0v) is 11.2. The van der Waals surface area contributed by atoms with Crippen molar-refractivity contribution in [2.45, 2.75) is 65.6 Å². The number of nitrogens with zero attached hydrogens (tertiary/aromatic N) is 1. The van der Waals surface area contributed by atoms with E-state index in [0.29, 0.717) is 13.0 Å². The van der Waals surface area contributed by atoms with E-state index in [9.17, 15) is 4.39 Å². The van der Waals surface area contributed by atoms with Gasteiger partial charge in [-0.3, -0.25) is 4.90 Å². The van der Waals surface area contributed by atoms with Crippen LogP contribution in [0.4, 0.5) is 4.39 Å². The number of halogens is 1. The summed E-state index contributed by atoms with van der Waals surface area (Å²) in [7, 11) is 0. The van der Waals surface area contributed by atoms with Gasteiger partial charge in [0.05, 0.1) is 0 Å². The molecule has 0 aromatic rings. The van der Waals surface area contributed by atoms with E-state index in [1.165, 1.54) is 0 Å². The molecule has 2 heteroatoms. The van der Waals surface area contributed by atoms with Crippen LogP contribution >= 0.6 is 0 Å². The smallest absolute Gasteiger partial charge is 0.128 e. The lowest BCUT2D eigenvalue weighted by Crippen LogP contribution is -2.57. The van der Waals surface area contributed by atoms with E-state index in [0.717, 1.165) is 13.0 Å². The first kappa shape index (κ1) is 13.0. The number of alkyl halides is 1. The lowest BCUT2D eigenvalue weighted by atomic mass is 9.72. The quantitative estimate of drug-likeness (QED) is 0.596. The molecule has 1 rings (SSSR count). The average Bonchev–Trinajstić information content (AvgIpc) is 2.00. The van der Waals surface area contributed by atoms with Crippen LogP contribution in [-0.4, -0.2) is 29.2 Å². The highest BCUT2D eigenvalue weighted by atomic mass is 19.1. The summed E-state index contributed by atoms with van der Waals surface area (Å²) < 4.78 is 14.8. The predicted octanol–water partition coefficient (Wildman–Crippen LogP) is 3.64. The third-order valence-electron chi connectivity index (χ3n) is 3.74. The van der Waals surface area contributed by atoms with E-state index in [1.807, 2.05) is 20.8 Å². The number of hydrogen-bond donors (Lipinski definition) is 0. The van der Waals surface area contributed by atoms with Gasteiger partial charge < -0.3 is 0 Å². The highest BCUT2D eigenvalue weighted by Gasteiger charge is 2.46. The molecule has 0 amide bonds. The van der Waals surface area contributed by atoms with Crippen molar-refractivity contribution in [1.29, 1.82) is 0 Å². The Balaban J connectivity index is 2.80. The summed E-state index contributed by atoms with van der Waals surface area (Å²) in [5, 5.41) is 0. The summed E-state index contributed by atoms with van der Waals surface area (Å²) in [5.74, 6) is 0. The fraction of sp³-hybridized carbons (Fsp3) is 1.00. The Hall–Kier alpha value is -0.110. The van der Waals surface area contributed by atoms with Crippen LogP contribution < -0.4 is 0 Å². The molecule has 0 aromatic heterocycles. The summed E-state index contributed by atoms with van der Waals surface area (Å²) in [4.78, 5) is 2.28. The second kappa shape index (κ2) is 3.73. The maximum absolute atomic E-state index is 14.8. The maximum Gasteiger partial charge on any atom is 0.128 e. The van der Waals surface area contributed by atoms with E-state index < -0.39 is 5.67 Å². The Labute approximate surface area is 94.0 Å². The van der Waals surface area contributed by atoms with Gasteiger partial charge in [-0.25, -0.2) is 4.39 Å². The van der Waals surface area contributed by atoms with Crippen molar-refractivity contribution in [3.8, 4) is 0 Å². The van der Waals surface area contributed by atoms with Gasteiger partial charge in [-0.05, 0) is 45.6 Å². The van der Waals surface area contributed by atoms with Gasteiger partial charge in [0.2, 0.25) is 0 Å². The fourth-order valence-electron chi connectivity index (χ4n) is 2.20. The summed E-state index contributed by atoms with van der Waals surface area (Å²) in [6.45, 7) is 14.2. The minimum Gasteiger partial charge on any atom is -0.295 e. The fourth-order valence-corrected chi connectivity index (χ4v) is 2.20. The van der Waals surface area contributed by atoms with E-state index in [1.54, 1.807) is 0 Å². The zero-order valence-electron chi connectivity index (χ0n) is 11.2. The molecule has 0 N–H and O–H groups in total. The molecule has 1 nitrogen and oxygen atoms in total. The third kappa shape index (κ3) is 2.72. The van der Waals surface area contributed by atoms with Crippen LogP contribution in [0.2, 0.25) is 0 Å². The van der Waals surface area contributed by atoms with Crippen LogP contribution in [0.5, 0.6) is 0 Å². The van der Waals surface area contributed by atoms with Gasteiger partial charge in [0.15, 0.2) is 0 Å². The largest absolute Gasteiger partial charge is 0.295 e. The standard InChI is InChI=1S/C13H26FN/c1-11(2,3)13(14)8-7-9-15(10-13)12(4,5)6/h7-10H2,1-6H3. The van der Waals surface area contributed by atoms with Gasteiger partial charge in [-0.2, -0.15) is 0 Å². The van der Waals surface area contributed by atoms with Crippen LogP contribution in [0.1, 0.15) is 54.4 Å². The number of hydrogen-bond acceptors (Lipinski definition) is 1. The Morgan fingerprint density at radius 2 is 1.60 bits per heavy atom. The van der Waals surface area contributed by atoms with Crippen LogP contribution in [0.3, 0.4) is 0 Å². The second-order valence-corrected chi connectivity index (χ2v) is 6.91. The number of piperidine rings is 1. The molecule has 0 spiro atoms. The van der Waals surface area contributed by atoms with Crippen molar-refractivity contribution in [3.05, 3.63) is 0 Å². The molecule has 0 radical (unpaired) electrons. The number of rotatable bonds is 0. The molecular formula is C13H26FN. The highest BCUT2D eigenvalue weighted by molar-refractivity contribution is 4.98. The summed E-state index contributed by atoms with van der Waals surface area (Å²) in [5.41, 5.74) is -1.20. The van der Waals surface area contributed by atoms with Crippen LogP contribution in [-0.2, 0) is 0 Å². The van der Waals surface area contributed by atoms with Crippen molar-refractivity contribution in [1.82, 2.24) is 4.90 Å². The molecule has 0 bridgehead atoms. The van der Waals surface area contributed by atoms with Crippen molar-refractivity contribution in [2.24, 2.45) is 5.41 Å². The lowest BCUT2D eigenvalue weighted by molar-refractivity contribution is -0.0634. The SMILES string of the molecule is CC(C)(C)N1CCCC(F)(C(C)(C)C)C1. The van der Waals surface area contributed by atoms with Gasteiger partial charge in [-0.1, -0.05) is 20.8 Å². The van der Waals surface area contributed by atoms with E-state index in [4.69, 9.17) is 0 Å². The monoisotopic (exact) mass is 215 g/mol. The lowest BCUT2D eigenvalue weighted by Gasteiger charge is -2.49. The molecule has 1 atom stereocenters. The topological polar surface area (TPSA) is 3.24 Å². The van der Waals surface area contributed by atoms with Crippen molar-refractivity contribution >= 4 is 0 Å². The molecule has 1 unspecified atom stereocenters. The average molecular weight is 215 g/mol. The van der Waals surface area contributed by atoms with Gasteiger partial charge in [0.25, 0.3) is 0 Å². The Morgan fingerprint density at radius 3 is 2.00 bits per heavy atom. The third-order valence-corrected chi connectivity index (χ3v) is 3.74. The van der Waals surface area contributed by atoms with Gasteiger partial charge in [-0.15, -0.1) is 0 Å². The Bertz CT molecular complexity index is 224. The minimum atomic E-state index is -1.03. The summed E-state index contributed by atoms with van der Waals surface area (Å²) in [6, 6.07) is 0. The molecule has 1 aliphatic rings.